The SMILES string of the molecule is Cc1c(CCO)sc[n+]1Cc1ccccc1.F[P-](F)(F)(F)(F)F. The first kappa shape index (κ1) is 19.9. The van der Waals surface area contributed by atoms with E-state index < -0.39 is 7.81 Å². The second-order valence-electron chi connectivity index (χ2n) is 4.78. The predicted molar refractivity (Wildman–Crippen MR) is 79.2 cm³/mol. The Labute approximate surface area is 133 Å². The number of benzene rings is 1. The summed E-state index contributed by atoms with van der Waals surface area (Å²) in [6.45, 7) is 3.26. The molecule has 2 nitrogen and oxygen atoms in total. The van der Waals surface area contributed by atoms with Gasteiger partial charge in [0.15, 0.2) is 12.2 Å². The first-order chi connectivity index (χ1) is 10.3. The fourth-order valence-electron chi connectivity index (χ4n) is 1.73. The van der Waals surface area contributed by atoms with Crippen molar-refractivity contribution in [1.29, 1.82) is 0 Å². The minimum absolute atomic E-state index is 0.229. The minimum atomic E-state index is -10.7. The van der Waals surface area contributed by atoms with Crippen molar-refractivity contribution in [2.75, 3.05) is 6.61 Å². The predicted octanol–water partition coefficient (Wildman–Crippen LogP) is 5.31. The van der Waals surface area contributed by atoms with Crippen molar-refractivity contribution >= 4 is 19.1 Å². The van der Waals surface area contributed by atoms with Crippen LogP contribution in [0.25, 0.3) is 0 Å². The van der Waals surface area contributed by atoms with Crippen LogP contribution in [0.1, 0.15) is 16.1 Å². The Morgan fingerprint density at radius 1 is 1.04 bits per heavy atom. The number of aliphatic hydroxyl groups is 1. The van der Waals surface area contributed by atoms with E-state index in [1.165, 1.54) is 16.1 Å². The molecule has 1 aromatic carbocycles. The Hall–Kier alpha value is -1.18. The summed E-state index contributed by atoms with van der Waals surface area (Å²) in [6.07, 6.45) is 0.762. The first-order valence-electron chi connectivity index (χ1n) is 6.44. The van der Waals surface area contributed by atoms with Crippen molar-refractivity contribution < 1.29 is 34.9 Å². The van der Waals surface area contributed by atoms with Crippen LogP contribution in [0, 0.1) is 6.92 Å². The molecule has 0 unspecified atom stereocenters. The number of thiazole rings is 1. The number of rotatable bonds is 4. The molecule has 1 heterocycles. The van der Waals surface area contributed by atoms with Crippen LogP contribution in [0.2, 0.25) is 0 Å². The van der Waals surface area contributed by atoms with Crippen molar-refractivity contribution in [2.45, 2.75) is 19.9 Å². The van der Waals surface area contributed by atoms with E-state index in [2.05, 4.69) is 41.3 Å². The van der Waals surface area contributed by atoms with E-state index in [9.17, 15) is 25.2 Å². The molecule has 0 saturated heterocycles. The molecule has 2 aromatic rings. The van der Waals surface area contributed by atoms with Gasteiger partial charge in [-0.25, -0.2) is 0 Å². The summed E-state index contributed by atoms with van der Waals surface area (Å²) in [7, 11) is -10.7. The van der Waals surface area contributed by atoms with Crippen LogP contribution in [0.3, 0.4) is 0 Å². The van der Waals surface area contributed by atoms with Crippen molar-refractivity contribution in [3.63, 3.8) is 0 Å². The van der Waals surface area contributed by atoms with Gasteiger partial charge in [0, 0.05) is 25.5 Å². The molecule has 0 atom stereocenters. The van der Waals surface area contributed by atoms with E-state index >= 15 is 0 Å². The van der Waals surface area contributed by atoms with Crippen molar-refractivity contribution in [3.8, 4) is 0 Å². The van der Waals surface area contributed by atoms with Gasteiger partial charge in [-0.1, -0.05) is 41.7 Å². The summed E-state index contributed by atoms with van der Waals surface area (Å²) in [5, 5.41) is 8.94. The van der Waals surface area contributed by atoms with E-state index in [0.29, 0.717) is 0 Å². The second kappa shape index (κ2) is 6.37. The maximum atomic E-state index is 9.87. The van der Waals surface area contributed by atoms with Crippen LogP contribution in [-0.4, -0.2) is 11.7 Å². The zero-order valence-electron chi connectivity index (χ0n) is 12.1. The fourth-order valence-corrected chi connectivity index (χ4v) is 2.71. The molecule has 2 rings (SSSR count). The molecule has 132 valence electrons. The van der Waals surface area contributed by atoms with Gasteiger partial charge in [-0.15, -0.1) is 0 Å². The molecular weight excluding hydrogens is 363 g/mol. The molecule has 0 spiro atoms. The summed E-state index contributed by atoms with van der Waals surface area (Å²) in [4.78, 5) is 1.28. The molecule has 0 aliphatic heterocycles. The zero-order valence-corrected chi connectivity index (χ0v) is 13.8. The topological polar surface area (TPSA) is 24.1 Å². The molecule has 0 bridgehead atoms. The van der Waals surface area contributed by atoms with Gasteiger partial charge in [-0.05, 0) is 0 Å². The van der Waals surface area contributed by atoms with Gasteiger partial charge in [0.05, 0.1) is 4.88 Å². The Balaban J connectivity index is 0.000000322. The van der Waals surface area contributed by atoms with Crippen LogP contribution in [0.15, 0.2) is 35.8 Å². The molecular formula is C13H16F6NOPS. The Morgan fingerprint density at radius 2 is 1.57 bits per heavy atom. The number of aliphatic hydroxyl groups excluding tert-OH is 1. The monoisotopic (exact) mass is 379 g/mol. The third-order valence-corrected chi connectivity index (χ3v) is 3.84. The van der Waals surface area contributed by atoms with Crippen LogP contribution < -0.4 is 4.57 Å². The molecule has 0 saturated carbocycles. The van der Waals surface area contributed by atoms with Gasteiger partial charge < -0.3 is 5.11 Å². The average molecular weight is 379 g/mol. The molecule has 0 aliphatic rings. The fraction of sp³-hybridized carbons (Fsp3) is 0.308. The molecule has 23 heavy (non-hydrogen) atoms. The van der Waals surface area contributed by atoms with Crippen molar-refractivity contribution in [3.05, 3.63) is 52.0 Å². The van der Waals surface area contributed by atoms with Crippen LogP contribution in [-0.2, 0) is 13.0 Å². The van der Waals surface area contributed by atoms with Gasteiger partial charge in [-0.3, -0.25) is 0 Å². The van der Waals surface area contributed by atoms with Gasteiger partial charge in [-0.2, -0.15) is 4.57 Å². The van der Waals surface area contributed by atoms with Gasteiger partial charge in [0.25, 0.3) is 0 Å². The van der Waals surface area contributed by atoms with Crippen molar-refractivity contribution in [2.24, 2.45) is 0 Å². The summed E-state index contributed by atoms with van der Waals surface area (Å²) < 4.78 is 61.4. The Morgan fingerprint density at radius 3 is 2.04 bits per heavy atom. The normalized spacial score (nSPS) is 14.4. The Kier molecular flexibility index (Phi) is 5.51. The molecule has 0 radical (unpaired) electrons. The van der Waals surface area contributed by atoms with Crippen LogP contribution >= 0.6 is 19.1 Å². The number of hydrogen-bond donors (Lipinski definition) is 1. The zero-order chi connectivity index (χ0) is 17.8. The van der Waals surface area contributed by atoms with E-state index in [4.69, 9.17) is 5.11 Å². The maximum absolute atomic E-state index is 10.7. The van der Waals surface area contributed by atoms with Gasteiger partial charge in [0.1, 0.15) is 0 Å². The van der Waals surface area contributed by atoms with E-state index in [-0.39, 0.29) is 6.61 Å². The summed E-state index contributed by atoms with van der Waals surface area (Å²) in [5.74, 6) is 0. The van der Waals surface area contributed by atoms with Gasteiger partial charge in [0.2, 0.25) is 5.51 Å². The molecule has 0 aliphatic carbocycles. The third-order valence-electron chi connectivity index (χ3n) is 2.69. The molecule has 0 amide bonds. The molecule has 1 aromatic heterocycles. The first-order valence-corrected chi connectivity index (χ1v) is 9.34. The second-order valence-corrected chi connectivity index (χ2v) is 7.63. The number of aromatic nitrogens is 1. The summed E-state index contributed by atoms with van der Waals surface area (Å²) in [6, 6.07) is 10.4. The standard InChI is InChI=1S/C13H16NOS.F6P/c1-11-13(7-8-15)16-10-14(11)9-12-5-3-2-4-6-12;1-7(2,3,4,5)6/h2-6,10,15H,7-9H2,1H3;/q+1;-1. The number of halogens is 6. The number of hydrogen-bond acceptors (Lipinski definition) is 2. The van der Waals surface area contributed by atoms with Crippen LogP contribution in [0.4, 0.5) is 25.2 Å². The van der Waals surface area contributed by atoms with E-state index in [0.717, 1.165) is 13.0 Å². The summed E-state index contributed by atoms with van der Waals surface area (Å²) >= 11 is 1.72. The van der Waals surface area contributed by atoms with E-state index in [1.54, 1.807) is 11.3 Å². The number of nitrogens with zero attached hydrogens (tertiary/aromatic N) is 1. The summed E-state index contributed by atoms with van der Waals surface area (Å²) in [5.41, 5.74) is 4.71. The molecule has 10 heteroatoms. The average Bonchev–Trinajstić information content (AvgIpc) is 2.70. The molecule has 0 fully saturated rings. The van der Waals surface area contributed by atoms with Gasteiger partial charge >= 0.3 is 33.0 Å². The van der Waals surface area contributed by atoms with Crippen molar-refractivity contribution in [1.82, 2.24) is 0 Å². The Bertz CT molecular complexity index is 630. The third kappa shape index (κ3) is 10.3. The van der Waals surface area contributed by atoms with E-state index in [1.807, 2.05) is 6.07 Å². The molecule has 1 N–H and O–H groups in total. The quantitative estimate of drug-likeness (QED) is 0.435. The van der Waals surface area contributed by atoms with Crippen LogP contribution in [0.5, 0.6) is 0 Å².